The van der Waals surface area contributed by atoms with Gasteiger partial charge >= 0.3 is 12.1 Å². The fourth-order valence-electron chi connectivity index (χ4n) is 1.86. The molecular formula is C15H19F3O2. The van der Waals surface area contributed by atoms with Gasteiger partial charge < -0.3 is 4.74 Å². The Balaban J connectivity index is 2.18. The number of hydrogen-bond acceptors (Lipinski definition) is 2. The van der Waals surface area contributed by atoms with E-state index in [2.05, 4.69) is 0 Å². The van der Waals surface area contributed by atoms with Crippen molar-refractivity contribution in [3.63, 3.8) is 0 Å². The van der Waals surface area contributed by atoms with Crippen LogP contribution in [0.5, 0.6) is 0 Å². The molecule has 1 aromatic rings. The molecule has 0 amide bonds. The number of esters is 1. The van der Waals surface area contributed by atoms with Gasteiger partial charge in [-0.1, -0.05) is 25.0 Å². The van der Waals surface area contributed by atoms with E-state index in [0.29, 0.717) is 6.61 Å². The Labute approximate surface area is 116 Å². The van der Waals surface area contributed by atoms with Crippen molar-refractivity contribution in [2.75, 3.05) is 6.61 Å². The maximum Gasteiger partial charge on any atom is 0.416 e. The number of unbranched alkanes of at least 4 members (excludes halogenated alkanes) is 3. The van der Waals surface area contributed by atoms with Gasteiger partial charge in [0.05, 0.1) is 12.2 Å². The topological polar surface area (TPSA) is 26.3 Å². The molecule has 0 aliphatic rings. The summed E-state index contributed by atoms with van der Waals surface area (Å²) < 4.78 is 41.9. The molecule has 0 saturated heterocycles. The summed E-state index contributed by atoms with van der Waals surface area (Å²) in [5, 5.41) is 0. The van der Waals surface area contributed by atoms with Crippen LogP contribution in [-0.2, 0) is 22.1 Å². The second-order valence-corrected chi connectivity index (χ2v) is 4.70. The molecule has 1 rings (SSSR count). The van der Waals surface area contributed by atoms with Gasteiger partial charge in [-0.05, 0) is 37.0 Å². The lowest BCUT2D eigenvalue weighted by atomic mass is 10.0. The van der Waals surface area contributed by atoms with Gasteiger partial charge in [-0.25, -0.2) is 0 Å². The zero-order valence-electron chi connectivity index (χ0n) is 11.5. The molecule has 112 valence electrons. The highest BCUT2D eigenvalue weighted by atomic mass is 19.4. The first-order chi connectivity index (χ1) is 9.39. The summed E-state index contributed by atoms with van der Waals surface area (Å²) in [5.74, 6) is -0.269. The first-order valence-corrected chi connectivity index (χ1v) is 6.69. The molecule has 20 heavy (non-hydrogen) atoms. The van der Waals surface area contributed by atoms with Crippen molar-refractivity contribution in [3.8, 4) is 0 Å². The Morgan fingerprint density at radius 3 is 2.20 bits per heavy atom. The molecule has 0 unspecified atom stereocenters. The fraction of sp³-hybridized carbons (Fsp3) is 0.533. The Bertz CT molecular complexity index is 410. The number of alkyl halides is 3. The van der Waals surface area contributed by atoms with Crippen molar-refractivity contribution in [2.24, 2.45) is 0 Å². The van der Waals surface area contributed by atoms with Crippen LogP contribution in [0, 0.1) is 0 Å². The average Bonchev–Trinajstić information content (AvgIpc) is 2.37. The van der Waals surface area contributed by atoms with Crippen LogP contribution in [-0.4, -0.2) is 12.6 Å². The maximum atomic E-state index is 12.4. The molecule has 0 heterocycles. The van der Waals surface area contributed by atoms with Crippen LogP contribution < -0.4 is 0 Å². The predicted octanol–water partition coefficient (Wildman–Crippen LogP) is 4.37. The minimum absolute atomic E-state index is 0.269. The number of aryl methyl sites for hydroxylation is 1. The number of carbonyl (C=O) groups excluding carboxylic acids is 1. The van der Waals surface area contributed by atoms with Gasteiger partial charge in [-0.3, -0.25) is 4.79 Å². The van der Waals surface area contributed by atoms with Crippen molar-refractivity contribution in [1.29, 1.82) is 0 Å². The summed E-state index contributed by atoms with van der Waals surface area (Å²) in [5.41, 5.74) is 0.306. The fourth-order valence-corrected chi connectivity index (χ4v) is 1.86. The summed E-state index contributed by atoms with van der Waals surface area (Å²) in [6.45, 7) is 1.82. The zero-order chi connectivity index (χ0) is 15.0. The Hall–Kier alpha value is -1.52. The van der Waals surface area contributed by atoms with Crippen LogP contribution in [0.15, 0.2) is 24.3 Å². The summed E-state index contributed by atoms with van der Waals surface area (Å²) in [6, 6.07) is 5.30. The van der Waals surface area contributed by atoms with Crippen LogP contribution >= 0.6 is 0 Å². The lowest BCUT2D eigenvalue weighted by Crippen LogP contribution is -2.04. The summed E-state index contributed by atoms with van der Waals surface area (Å²) in [6.07, 6.45) is 0.176. The largest absolute Gasteiger partial charge is 0.466 e. The zero-order valence-corrected chi connectivity index (χ0v) is 11.5. The van der Waals surface area contributed by atoms with E-state index in [-0.39, 0.29) is 5.97 Å². The summed E-state index contributed by atoms with van der Waals surface area (Å²) >= 11 is 0. The number of benzene rings is 1. The van der Waals surface area contributed by atoms with E-state index in [1.54, 1.807) is 0 Å². The van der Waals surface area contributed by atoms with Crippen LogP contribution in [0.2, 0.25) is 0 Å². The van der Waals surface area contributed by atoms with E-state index < -0.39 is 11.7 Å². The molecule has 0 saturated carbocycles. The smallest absolute Gasteiger partial charge is 0.416 e. The summed E-state index contributed by atoms with van der Waals surface area (Å²) in [7, 11) is 0. The third kappa shape index (κ3) is 6.59. The first kappa shape index (κ1) is 16.5. The number of halogens is 3. The maximum absolute atomic E-state index is 12.4. The Kier molecular flexibility index (Phi) is 6.55. The van der Waals surface area contributed by atoms with Gasteiger partial charge in [0, 0.05) is 6.92 Å². The molecule has 1 aromatic carbocycles. The van der Waals surface area contributed by atoms with Crippen LogP contribution in [0.25, 0.3) is 0 Å². The van der Waals surface area contributed by atoms with E-state index in [1.807, 2.05) is 0 Å². The molecule has 0 radical (unpaired) electrons. The number of ether oxygens (including phenoxy) is 1. The van der Waals surface area contributed by atoms with E-state index in [9.17, 15) is 18.0 Å². The molecule has 0 bridgehead atoms. The van der Waals surface area contributed by atoms with Crippen molar-refractivity contribution in [3.05, 3.63) is 35.4 Å². The highest BCUT2D eigenvalue weighted by Gasteiger charge is 2.29. The van der Waals surface area contributed by atoms with E-state index >= 15 is 0 Å². The van der Waals surface area contributed by atoms with E-state index in [0.717, 1.165) is 49.8 Å². The molecule has 0 spiro atoms. The van der Waals surface area contributed by atoms with Gasteiger partial charge in [0.15, 0.2) is 0 Å². The molecule has 0 aliphatic heterocycles. The molecule has 0 fully saturated rings. The van der Waals surface area contributed by atoms with Crippen LogP contribution in [0.3, 0.4) is 0 Å². The highest BCUT2D eigenvalue weighted by Crippen LogP contribution is 2.29. The van der Waals surface area contributed by atoms with Crippen molar-refractivity contribution >= 4 is 5.97 Å². The minimum Gasteiger partial charge on any atom is -0.466 e. The lowest BCUT2D eigenvalue weighted by molar-refractivity contribution is -0.141. The standard InChI is InChI=1S/C15H19F3O2/c1-12(19)20-11-5-3-2-4-6-13-7-9-14(10-8-13)15(16,17)18/h7-10H,2-6,11H2,1H3. The SMILES string of the molecule is CC(=O)OCCCCCCc1ccc(C(F)(F)F)cc1. The number of carbonyl (C=O) groups is 1. The van der Waals surface area contributed by atoms with Gasteiger partial charge in [-0.2, -0.15) is 13.2 Å². The van der Waals surface area contributed by atoms with Crippen molar-refractivity contribution in [2.45, 2.75) is 45.2 Å². The molecule has 0 N–H and O–H groups in total. The van der Waals surface area contributed by atoms with Gasteiger partial charge in [0.1, 0.15) is 0 Å². The normalized spacial score (nSPS) is 11.4. The Morgan fingerprint density at radius 2 is 1.65 bits per heavy atom. The van der Waals surface area contributed by atoms with Crippen LogP contribution in [0.1, 0.15) is 43.7 Å². The van der Waals surface area contributed by atoms with Gasteiger partial charge in [0.2, 0.25) is 0 Å². The molecule has 0 aliphatic carbocycles. The summed E-state index contributed by atoms with van der Waals surface area (Å²) in [4.78, 5) is 10.5. The van der Waals surface area contributed by atoms with Gasteiger partial charge in [0.25, 0.3) is 0 Å². The predicted molar refractivity (Wildman–Crippen MR) is 70.2 cm³/mol. The molecular weight excluding hydrogens is 269 g/mol. The monoisotopic (exact) mass is 288 g/mol. The van der Waals surface area contributed by atoms with E-state index in [1.165, 1.54) is 19.1 Å². The molecule has 0 atom stereocenters. The Morgan fingerprint density at radius 1 is 1.05 bits per heavy atom. The van der Waals surface area contributed by atoms with E-state index in [4.69, 9.17) is 4.74 Å². The quantitative estimate of drug-likeness (QED) is 0.550. The average molecular weight is 288 g/mol. The molecule has 5 heteroatoms. The highest BCUT2D eigenvalue weighted by molar-refractivity contribution is 5.65. The third-order valence-corrected chi connectivity index (χ3v) is 2.95. The molecule has 0 aromatic heterocycles. The van der Waals surface area contributed by atoms with Crippen molar-refractivity contribution < 1.29 is 22.7 Å². The molecule has 2 nitrogen and oxygen atoms in total. The second kappa shape index (κ2) is 7.92. The van der Waals surface area contributed by atoms with Crippen LogP contribution in [0.4, 0.5) is 13.2 Å². The third-order valence-electron chi connectivity index (χ3n) is 2.95. The number of hydrogen-bond donors (Lipinski definition) is 0. The second-order valence-electron chi connectivity index (χ2n) is 4.70. The van der Waals surface area contributed by atoms with Gasteiger partial charge in [-0.15, -0.1) is 0 Å². The first-order valence-electron chi connectivity index (χ1n) is 6.69. The van der Waals surface area contributed by atoms with Crippen molar-refractivity contribution in [1.82, 2.24) is 0 Å². The lowest BCUT2D eigenvalue weighted by Gasteiger charge is -2.07. The number of rotatable bonds is 7. The minimum atomic E-state index is -4.27.